The van der Waals surface area contributed by atoms with Gasteiger partial charge in [-0.2, -0.15) is 0 Å². The van der Waals surface area contributed by atoms with E-state index < -0.39 is 0 Å². The van der Waals surface area contributed by atoms with Crippen molar-refractivity contribution in [3.05, 3.63) is 73.4 Å². The Hall–Kier alpha value is -1.89. The molecule has 0 aromatic rings. The molecule has 78 valence electrons. The molecule has 0 aliphatic carbocycles. The highest BCUT2D eigenvalue weighted by atomic mass is 14.6. The molecule has 0 fully saturated rings. The van der Waals surface area contributed by atoms with Crippen molar-refractivity contribution in [1.29, 1.82) is 0 Å². The predicted molar refractivity (Wildman–Crippen MR) is 70.3 cm³/mol. The summed E-state index contributed by atoms with van der Waals surface area (Å²) >= 11 is 0. The predicted octanol–water partition coefficient (Wildman–Crippen LogP) is 3.65. The van der Waals surface area contributed by atoms with Gasteiger partial charge in [-0.1, -0.05) is 67.3 Å². The fourth-order valence-corrected chi connectivity index (χ4v) is 0.728. The lowest BCUT2D eigenvalue weighted by molar-refractivity contribution is 1.48. The van der Waals surface area contributed by atoms with Crippen molar-refractivity contribution in [3.8, 4) is 0 Å². The van der Waals surface area contributed by atoms with Crippen molar-refractivity contribution in [3.63, 3.8) is 0 Å². The standard InChI is InChI=1S/C14H17N/c1-3-4-5-6-7-8-9-10-11-12-13-14-15-2/h3-14H,1H2,2H3/b5-4+,7-6+,9-8-,11-10+,13-12+,15-14-. The molecular formula is C14H17N. The zero-order chi connectivity index (χ0) is 11.2. The van der Waals surface area contributed by atoms with E-state index >= 15 is 0 Å². The first-order valence-corrected chi connectivity index (χ1v) is 4.78. The lowest BCUT2D eigenvalue weighted by atomic mass is 10.3. The summed E-state index contributed by atoms with van der Waals surface area (Å²) in [5.74, 6) is 0. The van der Waals surface area contributed by atoms with E-state index in [0.29, 0.717) is 0 Å². The van der Waals surface area contributed by atoms with Crippen molar-refractivity contribution in [2.45, 2.75) is 0 Å². The minimum absolute atomic E-state index is 1.74. The van der Waals surface area contributed by atoms with Gasteiger partial charge in [0.2, 0.25) is 0 Å². The van der Waals surface area contributed by atoms with Gasteiger partial charge in [0, 0.05) is 13.3 Å². The summed E-state index contributed by atoms with van der Waals surface area (Å²) in [6, 6.07) is 0. The Bertz CT molecular complexity index is 312. The van der Waals surface area contributed by atoms with Gasteiger partial charge < -0.3 is 0 Å². The fraction of sp³-hybridized carbons (Fsp3) is 0.0714. The molecule has 0 N–H and O–H groups in total. The second-order valence-electron chi connectivity index (χ2n) is 2.57. The van der Waals surface area contributed by atoms with E-state index in [0.717, 1.165) is 0 Å². The molecule has 0 heterocycles. The summed E-state index contributed by atoms with van der Waals surface area (Å²) in [4.78, 5) is 3.82. The fourth-order valence-electron chi connectivity index (χ4n) is 0.728. The monoisotopic (exact) mass is 199 g/mol. The van der Waals surface area contributed by atoms with Crippen molar-refractivity contribution < 1.29 is 0 Å². The van der Waals surface area contributed by atoms with E-state index in [9.17, 15) is 0 Å². The normalized spacial score (nSPS) is 13.7. The highest BCUT2D eigenvalue weighted by molar-refractivity contribution is 5.71. The first-order chi connectivity index (χ1) is 7.41. The summed E-state index contributed by atoms with van der Waals surface area (Å²) in [6.07, 6.45) is 22.9. The number of allylic oxidation sites excluding steroid dienone is 11. The molecule has 0 rings (SSSR count). The third-order valence-corrected chi connectivity index (χ3v) is 1.37. The summed E-state index contributed by atoms with van der Waals surface area (Å²) in [5.41, 5.74) is 0. The number of nitrogens with zero attached hydrogens (tertiary/aromatic N) is 1. The Balaban J connectivity index is 3.74. The van der Waals surface area contributed by atoms with Crippen molar-refractivity contribution >= 4 is 6.21 Å². The number of hydrogen-bond donors (Lipinski definition) is 0. The van der Waals surface area contributed by atoms with E-state index in [1.54, 1.807) is 19.3 Å². The Kier molecular flexibility index (Phi) is 10.6. The zero-order valence-electron chi connectivity index (χ0n) is 9.08. The molecule has 0 unspecified atom stereocenters. The molecule has 0 aliphatic rings. The van der Waals surface area contributed by atoms with Crippen LogP contribution < -0.4 is 0 Å². The average molecular weight is 199 g/mol. The van der Waals surface area contributed by atoms with Crippen molar-refractivity contribution in [1.82, 2.24) is 0 Å². The van der Waals surface area contributed by atoms with Crippen molar-refractivity contribution in [2.24, 2.45) is 4.99 Å². The largest absolute Gasteiger partial charge is 0.297 e. The molecule has 0 aliphatic heterocycles. The first-order valence-electron chi connectivity index (χ1n) is 4.78. The molecule has 0 aromatic heterocycles. The van der Waals surface area contributed by atoms with Crippen LogP contribution in [0.25, 0.3) is 0 Å². The smallest absolute Gasteiger partial charge is 0.0277 e. The first kappa shape index (κ1) is 13.1. The van der Waals surface area contributed by atoms with Crippen LogP contribution >= 0.6 is 0 Å². The van der Waals surface area contributed by atoms with E-state index in [4.69, 9.17) is 0 Å². The Morgan fingerprint density at radius 1 is 0.667 bits per heavy atom. The van der Waals surface area contributed by atoms with Crippen LogP contribution in [0.1, 0.15) is 0 Å². The minimum atomic E-state index is 1.74. The number of rotatable bonds is 6. The van der Waals surface area contributed by atoms with Gasteiger partial charge in [0.25, 0.3) is 0 Å². The quantitative estimate of drug-likeness (QED) is 0.457. The summed E-state index contributed by atoms with van der Waals surface area (Å²) < 4.78 is 0. The maximum absolute atomic E-state index is 3.82. The van der Waals surface area contributed by atoms with Gasteiger partial charge in [0.1, 0.15) is 0 Å². The molecule has 0 saturated carbocycles. The molecule has 15 heavy (non-hydrogen) atoms. The Labute approximate surface area is 92.2 Å². The average Bonchev–Trinajstić information content (AvgIpc) is 2.26. The topological polar surface area (TPSA) is 12.4 Å². The molecule has 0 bridgehead atoms. The molecular weight excluding hydrogens is 182 g/mol. The van der Waals surface area contributed by atoms with Crippen LogP contribution in [0.3, 0.4) is 0 Å². The van der Waals surface area contributed by atoms with Crippen LogP contribution in [0.5, 0.6) is 0 Å². The number of hydrogen-bond acceptors (Lipinski definition) is 1. The van der Waals surface area contributed by atoms with Crippen LogP contribution in [0, 0.1) is 0 Å². The molecule has 0 spiro atoms. The van der Waals surface area contributed by atoms with Gasteiger partial charge in [0.05, 0.1) is 0 Å². The van der Waals surface area contributed by atoms with E-state index in [2.05, 4.69) is 11.6 Å². The van der Waals surface area contributed by atoms with Crippen LogP contribution in [0.2, 0.25) is 0 Å². The van der Waals surface area contributed by atoms with Gasteiger partial charge >= 0.3 is 0 Å². The van der Waals surface area contributed by atoms with Gasteiger partial charge in [-0.15, -0.1) is 0 Å². The highest BCUT2D eigenvalue weighted by Gasteiger charge is 1.62. The minimum Gasteiger partial charge on any atom is -0.297 e. The van der Waals surface area contributed by atoms with Crippen LogP contribution in [0.4, 0.5) is 0 Å². The van der Waals surface area contributed by atoms with Gasteiger partial charge in [0.15, 0.2) is 0 Å². The van der Waals surface area contributed by atoms with Crippen molar-refractivity contribution in [2.75, 3.05) is 7.05 Å². The van der Waals surface area contributed by atoms with Gasteiger partial charge in [-0.3, -0.25) is 4.99 Å². The molecule has 0 saturated heterocycles. The molecule has 0 radical (unpaired) electrons. The molecule has 0 aromatic carbocycles. The highest BCUT2D eigenvalue weighted by Crippen LogP contribution is 1.83. The molecule has 1 heteroatoms. The summed E-state index contributed by atoms with van der Waals surface area (Å²) in [7, 11) is 1.75. The molecule has 0 amide bonds. The SMILES string of the molecule is C=C/C=C/C=C/C=C\C=C\C=C\C=N/C. The summed E-state index contributed by atoms with van der Waals surface area (Å²) in [6.45, 7) is 3.58. The lowest BCUT2D eigenvalue weighted by Gasteiger charge is -1.74. The third-order valence-electron chi connectivity index (χ3n) is 1.37. The second-order valence-corrected chi connectivity index (χ2v) is 2.57. The van der Waals surface area contributed by atoms with Gasteiger partial charge in [-0.05, 0) is 6.08 Å². The maximum atomic E-state index is 3.82. The Morgan fingerprint density at radius 2 is 1.07 bits per heavy atom. The Morgan fingerprint density at radius 3 is 1.47 bits per heavy atom. The van der Waals surface area contributed by atoms with Crippen LogP contribution in [-0.4, -0.2) is 13.3 Å². The second kappa shape index (κ2) is 12.1. The van der Waals surface area contributed by atoms with Crippen LogP contribution in [0.15, 0.2) is 78.4 Å². The third kappa shape index (κ3) is 12.1. The van der Waals surface area contributed by atoms with Crippen LogP contribution in [-0.2, 0) is 0 Å². The van der Waals surface area contributed by atoms with E-state index in [1.807, 2.05) is 60.8 Å². The van der Waals surface area contributed by atoms with E-state index in [1.165, 1.54) is 0 Å². The van der Waals surface area contributed by atoms with E-state index in [-0.39, 0.29) is 0 Å². The molecule has 1 nitrogen and oxygen atoms in total. The lowest BCUT2D eigenvalue weighted by Crippen LogP contribution is -1.59. The molecule has 0 atom stereocenters. The van der Waals surface area contributed by atoms with Gasteiger partial charge in [-0.25, -0.2) is 0 Å². The number of aliphatic imine (C=N–C) groups is 1. The summed E-state index contributed by atoms with van der Waals surface area (Å²) in [5, 5.41) is 0. The maximum Gasteiger partial charge on any atom is 0.0277 e. The zero-order valence-corrected chi connectivity index (χ0v) is 9.08.